The molecule has 9 nitrogen and oxygen atoms in total. The zero-order valence-electron chi connectivity index (χ0n) is 19.1. The molecule has 2 N–H and O–H groups in total. The third kappa shape index (κ3) is 5.03. The fraction of sp³-hybridized carbons (Fsp3) is 0.240. The van der Waals surface area contributed by atoms with Crippen molar-refractivity contribution in [1.82, 2.24) is 19.8 Å². The van der Waals surface area contributed by atoms with E-state index in [9.17, 15) is 14.4 Å². The summed E-state index contributed by atoms with van der Waals surface area (Å²) in [6.45, 7) is 4.55. The molecule has 174 valence electrons. The third-order valence-electron chi connectivity index (χ3n) is 5.63. The molecule has 1 atom stereocenters. The third-order valence-corrected chi connectivity index (χ3v) is 5.63. The molecule has 0 spiro atoms. The smallest absolute Gasteiger partial charge is 0.253 e. The number of fused-ring (bicyclic) bond motifs is 1. The van der Waals surface area contributed by atoms with E-state index < -0.39 is 0 Å². The zero-order valence-corrected chi connectivity index (χ0v) is 19.1. The molecule has 1 fully saturated rings. The molecule has 0 radical (unpaired) electrons. The molecule has 4 rings (SSSR count). The Morgan fingerprint density at radius 3 is 2.56 bits per heavy atom. The second-order valence-electron chi connectivity index (χ2n) is 8.32. The Morgan fingerprint density at radius 1 is 1.12 bits per heavy atom. The molecular formula is C25H26N6O3. The van der Waals surface area contributed by atoms with E-state index in [1.807, 2.05) is 6.07 Å². The van der Waals surface area contributed by atoms with Crippen LogP contribution in [0.1, 0.15) is 27.1 Å². The van der Waals surface area contributed by atoms with Gasteiger partial charge in [-0.05, 0) is 48.9 Å². The molecule has 0 saturated carbocycles. The number of hydrogen-bond acceptors (Lipinski definition) is 6. The minimum Gasteiger partial charge on any atom is -0.350 e. The van der Waals surface area contributed by atoms with Gasteiger partial charge in [0.15, 0.2) is 0 Å². The molecule has 3 aromatic rings. The summed E-state index contributed by atoms with van der Waals surface area (Å²) in [5.41, 5.74) is 2.40. The number of nitrogens with one attached hydrogen (secondary N) is 2. The SMILES string of the molecule is C=CC(=O)Nc1ccc(C(=O)N2CC[C@@H](Nc3ncc4ccc(C(=O)N(C)C)cc4n3)C2)cc1. The number of anilines is 2. The Labute approximate surface area is 197 Å². The van der Waals surface area contributed by atoms with Crippen LogP contribution in [0.5, 0.6) is 0 Å². The first-order valence-electron chi connectivity index (χ1n) is 10.9. The van der Waals surface area contributed by atoms with E-state index >= 15 is 0 Å². The normalized spacial score (nSPS) is 15.1. The number of nitrogens with zero attached hydrogens (tertiary/aromatic N) is 4. The summed E-state index contributed by atoms with van der Waals surface area (Å²) in [5, 5.41) is 6.82. The molecular weight excluding hydrogens is 432 g/mol. The van der Waals surface area contributed by atoms with Gasteiger partial charge < -0.3 is 20.4 Å². The van der Waals surface area contributed by atoms with Crippen LogP contribution in [0.2, 0.25) is 0 Å². The van der Waals surface area contributed by atoms with Gasteiger partial charge in [0.25, 0.3) is 11.8 Å². The van der Waals surface area contributed by atoms with E-state index in [2.05, 4.69) is 27.2 Å². The van der Waals surface area contributed by atoms with Crippen molar-refractivity contribution in [3.05, 3.63) is 72.4 Å². The van der Waals surface area contributed by atoms with Gasteiger partial charge in [0, 0.05) is 61.6 Å². The highest BCUT2D eigenvalue weighted by Gasteiger charge is 2.27. The van der Waals surface area contributed by atoms with Crippen molar-refractivity contribution in [1.29, 1.82) is 0 Å². The molecule has 1 aliphatic heterocycles. The predicted molar refractivity (Wildman–Crippen MR) is 131 cm³/mol. The van der Waals surface area contributed by atoms with Crippen molar-refractivity contribution in [2.24, 2.45) is 0 Å². The average Bonchev–Trinajstić information content (AvgIpc) is 3.31. The van der Waals surface area contributed by atoms with Crippen LogP contribution in [0, 0.1) is 0 Å². The second kappa shape index (κ2) is 9.70. The van der Waals surface area contributed by atoms with E-state index in [4.69, 9.17) is 0 Å². The van der Waals surface area contributed by atoms with E-state index in [1.165, 1.54) is 11.0 Å². The Morgan fingerprint density at radius 2 is 1.85 bits per heavy atom. The molecule has 1 aromatic heterocycles. The molecule has 2 heterocycles. The fourth-order valence-corrected chi connectivity index (χ4v) is 3.80. The summed E-state index contributed by atoms with van der Waals surface area (Å²) in [6.07, 6.45) is 3.68. The van der Waals surface area contributed by atoms with Crippen molar-refractivity contribution in [3.63, 3.8) is 0 Å². The van der Waals surface area contributed by atoms with E-state index in [0.29, 0.717) is 41.4 Å². The molecule has 1 saturated heterocycles. The van der Waals surface area contributed by atoms with Crippen LogP contribution < -0.4 is 10.6 Å². The predicted octanol–water partition coefficient (Wildman–Crippen LogP) is 2.78. The molecule has 9 heteroatoms. The monoisotopic (exact) mass is 458 g/mol. The Hall–Kier alpha value is -4.27. The zero-order chi connectivity index (χ0) is 24.2. The van der Waals surface area contributed by atoms with Crippen LogP contribution in [0.3, 0.4) is 0 Å². The molecule has 0 aliphatic carbocycles. The number of rotatable bonds is 6. The number of hydrogen-bond donors (Lipinski definition) is 2. The van der Waals surface area contributed by atoms with Crippen LogP contribution in [0.15, 0.2) is 61.3 Å². The Balaban J connectivity index is 1.40. The second-order valence-corrected chi connectivity index (χ2v) is 8.32. The lowest BCUT2D eigenvalue weighted by molar-refractivity contribution is -0.111. The lowest BCUT2D eigenvalue weighted by Crippen LogP contribution is -2.31. The van der Waals surface area contributed by atoms with Gasteiger partial charge in [0.1, 0.15) is 0 Å². The number of carbonyl (C=O) groups is 3. The van der Waals surface area contributed by atoms with Crippen LogP contribution >= 0.6 is 0 Å². The van der Waals surface area contributed by atoms with Gasteiger partial charge in [-0.2, -0.15) is 0 Å². The quantitative estimate of drug-likeness (QED) is 0.550. The van der Waals surface area contributed by atoms with Crippen LogP contribution in [-0.2, 0) is 4.79 Å². The molecule has 2 aromatic carbocycles. The fourth-order valence-electron chi connectivity index (χ4n) is 3.80. The van der Waals surface area contributed by atoms with Gasteiger partial charge in [0.05, 0.1) is 5.52 Å². The Kier molecular flexibility index (Phi) is 6.53. The van der Waals surface area contributed by atoms with E-state index in [0.717, 1.165) is 11.8 Å². The molecule has 34 heavy (non-hydrogen) atoms. The van der Waals surface area contributed by atoms with E-state index in [-0.39, 0.29) is 23.8 Å². The minimum atomic E-state index is -0.302. The largest absolute Gasteiger partial charge is 0.350 e. The Bertz CT molecular complexity index is 1260. The maximum absolute atomic E-state index is 12.9. The van der Waals surface area contributed by atoms with Gasteiger partial charge in [-0.15, -0.1) is 0 Å². The van der Waals surface area contributed by atoms with E-state index in [1.54, 1.807) is 61.6 Å². The average molecular weight is 459 g/mol. The first-order valence-corrected chi connectivity index (χ1v) is 10.9. The molecule has 0 unspecified atom stereocenters. The van der Waals surface area contributed by atoms with Crippen molar-refractivity contribution < 1.29 is 14.4 Å². The number of benzene rings is 2. The summed E-state index contributed by atoms with van der Waals surface area (Å²) in [7, 11) is 3.42. The maximum atomic E-state index is 12.9. The summed E-state index contributed by atoms with van der Waals surface area (Å²) < 4.78 is 0. The summed E-state index contributed by atoms with van der Waals surface area (Å²) in [5.74, 6) is 0.000728. The van der Waals surface area contributed by atoms with Crippen LogP contribution in [-0.4, -0.2) is 70.7 Å². The highest BCUT2D eigenvalue weighted by molar-refractivity contribution is 6.00. The van der Waals surface area contributed by atoms with Crippen molar-refractivity contribution >= 4 is 40.3 Å². The lowest BCUT2D eigenvalue weighted by Gasteiger charge is -2.17. The lowest BCUT2D eigenvalue weighted by atomic mass is 10.1. The number of aromatic nitrogens is 2. The highest BCUT2D eigenvalue weighted by Crippen LogP contribution is 2.20. The number of likely N-dealkylation sites (tertiary alicyclic amines) is 1. The molecule has 1 aliphatic rings. The number of carbonyl (C=O) groups excluding carboxylic acids is 3. The first kappa shape index (κ1) is 22.9. The number of amides is 3. The van der Waals surface area contributed by atoms with Gasteiger partial charge >= 0.3 is 0 Å². The minimum absolute atomic E-state index is 0.0131. The van der Waals surface area contributed by atoms with Crippen LogP contribution in [0.4, 0.5) is 11.6 Å². The van der Waals surface area contributed by atoms with Crippen molar-refractivity contribution in [3.8, 4) is 0 Å². The topological polar surface area (TPSA) is 108 Å². The first-order chi connectivity index (χ1) is 16.3. The van der Waals surface area contributed by atoms with Crippen molar-refractivity contribution in [2.75, 3.05) is 37.8 Å². The van der Waals surface area contributed by atoms with Gasteiger partial charge in [-0.25, -0.2) is 9.97 Å². The summed E-state index contributed by atoms with van der Waals surface area (Å²) >= 11 is 0. The van der Waals surface area contributed by atoms with Crippen molar-refractivity contribution in [2.45, 2.75) is 12.5 Å². The summed E-state index contributed by atoms with van der Waals surface area (Å²) in [6, 6.07) is 12.1. The van der Waals surface area contributed by atoms with Gasteiger partial charge in [-0.1, -0.05) is 12.6 Å². The maximum Gasteiger partial charge on any atom is 0.253 e. The highest BCUT2D eigenvalue weighted by atomic mass is 16.2. The van der Waals surface area contributed by atoms with Gasteiger partial charge in [-0.3, -0.25) is 14.4 Å². The standard InChI is InChI=1S/C25H26N6O3/c1-4-22(32)27-19-9-7-16(8-10-19)24(34)31-12-11-20(15-31)28-25-26-14-18-6-5-17(13-21(18)29-25)23(33)30(2)3/h4-10,13-14,20H,1,11-12,15H2,2-3H3,(H,27,32)(H,26,28,29)/t20-/m1/s1. The van der Waals surface area contributed by atoms with Crippen LogP contribution in [0.25, 0.3) is 10.9 Å². The molecule has 0 bridgehead atoms. The molecule has 3 amide bonds. The van der Waals surface area contributed by atoms with Gasteiger partial charge in [0.2, 0.25) is 11.9 Å². The summed E-state index contributed by atoms with van der Waals surface area (Å²) in [4.78, 5) is 48.8.